The van der Waals surface area contributed by atoms with Gasteiger partial charge in [0.15, 0.2) is 0 Å². The molecule has 0 aliphatic rings. The first-order valence-corrected chi connectivity index (χ1v) is 8.48. The standard InChI is InChI=1S/C19H18BrN3O2/c1-13-10-16(24)6-7-18(13)23-19(25)15(11-21)12-22-9-8-14-4-2-3-5-17(14)20/h2-7,10,12,22,24H,8-9H2,1H3,(H,23,25)/b15-12-. The van der Waals surface area contributed by atoms with Gasteiger partial charge in [-0.2, -0.15) is 5.26 Å². The van der Waals surface area contributed by atoms with Crippen LogP contribution in [-0.4, -0.2) is 17.6 Å². The van der Waals surface area contributed by atoms with Gasteiger partial charge in [0.2, 0.25) is 0 Å². The smallest absolute Gasteiger partial charge is 0.267 e. The highest BCUT2D eigenvalue weighted by molar-refractivity contribution is 9.10. The van der Waals surface area contributed by atoms with Crippen molar-refractivity contribution in [2.24, 2.45) is 0 Å². The lowest BCUT2D eigenvalue weighted by atomic mass is 10.1. The molecule has 0 bridgehead atoms. The number of hydrogen-bond acceptors (Lipinski definition) is 4. The Hall–Kier alpha value is -2.78. The first kappa shape index (κ1) is 18.6. The maximum atomic E-state index is 12.2. The predicted molar refractivity (Wildman–Crippen MR) is 101 cm³/mol. The molecule has 2 aromatic carbocycles. The number of benzene rings is 2. The Bertz CT molecular complexity index is 841. The normalized spacial score (nSPS) is 10.8. The average Bonchev–Trinajstić information content (AvgIpc) is 2.59. The summed E-state index contributed by atoms with van der Waals surface area (Å²) < 4.78 is 1.03. The van der Waals surface area contributed by atoms with Crippen molar-refractivity contribution in [2.75, 3.05) is 11.9 Å². The van der Waals surface area contributed by atoms with Crippen molar-refractivity contribution in [2.45, 2.75) is 13.3 Å². The zero-order valence-electron chi connectivity index (χ0n) is 13.7. The van der Waals surface area contributed by atoms with Crippen molar-refractivity contribution >= 4 is 27.5 Å². The quantitative estimate of drug-likeness (QED) is 0.299. The van der Waals surface area contributed by atoms with E-state index in [9.17, 15) is 15.2 Å². The Balaban J connectivity index is 1.94. The number of aromatic hydroxyl groups is 1. The highest BCUT2D eigenvalue weighted by Gasteiger charge is 2.10. The third-order valence-corrected chi connectivity index (χ3v) is 4.34. The van der Waals surface area contributed by atoms with Gasteiger partial charge in [0.25, 0.3) is 5.91 Å². The van der Waals surface area contributed by atoms with E-state index in [0.29, 0.717) is 17.8 Å². The van der Waals surface area contributed by atoms with Crippen LogP contribution in [0.3, 0.4) is 0 Å². The third kappa shape index (κ3) is 5.37. The number of amides is 1. The number of halogens is 1. The summed E-state index contributed by atoms with van der Waals surface area (Å²) in [6, 6.07) is 14.4. The molecule has 0 aromatic heterocycles. The summed E-state index contributed by atoms with van der Waals surface area (Å²) in [7, 11) is 0. The molecule has 2 rings (SSSR count). The summed E-state index contributed by atoms with van der Waals surface area (Å²) in [5.74, 6) is -0.370. The first-order chi connectivity index (χ1) is 12.0. The van der Waals surface area contributed by atoms with E-state index in [-0.39, 0.29) is 11.3 Å². The lowest BCUT2D eigenvalue weighted by Gasteiger charge is -2.08. The molecule has 25 heavy (non-hydrogen) atoms. The van der Waals surface area contributed by atoms with Crippen molar-refractivity contribution in [1.29, 1.82) is 5.26 Å². The Morgan fingerprint density at radius 2 is 2.08 bits per heavy atom. The number of carbonyl (C=O) groups excluding carboxylic acids is 1. The molecule has 0 saturated carbocycles. The Labute approximate surface area is 155 Å². The monoisotopic (exact) mass is 399 g/mol. The second kappa shape index (κ2) is 8.90. The van der Waals surface area contributed by atoms with Crippen LogP contribution in [0.4, 0.5) is 5.69 Å². The summed E-state index contributed by atoms with van der Waals surface area (Å²) in [4.78, 5) is 12.2. The van der Waals surface area contributed by atoms with Gasteiger partial charge in [-0.3, -0.25) is 4.79 Å². The number of carbonyl (C=O) groups is 1. The van der Waals surface area contributed by atoms with E-state index in [2.05, 4.69) is 26.6 Å². The van der Waals surface area contributed by atoms with Crippen LogP contribution in [0.15, 0.2) is 58.7 Å². The van der Waals surface area contributed by atoms with Gasteiger partial charge in [0.05, 0.1) is 0 Å². The van der Waals surface area contributed by atoms with E-state index in [4.69, 9.17) is 0 Å². The van der Waals surface area contributed by atoms with Gasteiger partial charge >= 0.3 is 0 Å². The summed E-state index contributed by atoms with van der Waals surface area (Å²) in [5, 5.41) is 24.2. The number of aryl methyl sites for hydroxylation is 1. The fraction of sp³-hybridized carbons (Fsp3) is 0.158. The molecule has 0 saturated heterocycles. The Morgan fingerprint density at radius 1 is 1.32 bits per heavy atom. The van der Waals surface area contributed by atoms with E-state index < -0.39 is 5.91 Å². The molecule has 2 aromatic rings. The van der Waals surface area contributed by atoms with Gasteiger partial charge in [-0.1, -0.05) is 34.1 Å². The summed E-state index contributed by atoms with van der Waals surface area (Å²) in [6.45, 7) is 2.36. The number of rotatable bonds is 6. The van der Waals surface area contributed by atoms with Crippen molar-refractivity contribution in [3.63, 3.8) is 0 Å². The minimum atomic E-state index is -0.496. The van der Waals surface area contributed by atoms with Crippen LogP contribution >= 0.6 is 15.9 Å². The topological polar surface area (TPSA) is 85.2 Å². The van der Waals surface area contributed by atoms with Crippen molar-refractivity contribution < 1.29 is 9.90 Å². The number of nitrogens with one attached hydrogen (secondary N) is 2. The van der Waals surface area contributed by atoms with Crippen LogP contribution in [0.2, 0.25) is 0 Å². The molecule has 0 radical (unpaired) electrons. The van der Waals surface area contributed by atoms with Gasteiger partial charge in [0.1, 0.15) is 17.4 Å². The minimum Gasteiger partial charge on any atom is -0.508 e. The van der Waals surface area contributed by atoms with Gasteiger partial charge in [-0.15, -0.1) is 0 Å². The van der Waals surface area contributed by atoms with Crippen LogP contribution in [-0.2, 0) is 11.2 Å². The third-order valence-electron chi connectivity index (χ3n) is 3.57. The maximum Gasteiger partial charge on any atom is 0.267 e. The minimum absolute atomic E-state index is 0.0143. The lowest BCUT2D eigenvalue weighted by molar-refractivity contribution is -0.112. The predicted octanol–water partition coefficient (Wildman–Crippen LogP) is 3.64. The van der Waals surface area contributed by atoms with Crippen LogP contribution in [0.1, 0.15) is 11.1 Å². The molecule has 128 valence electrons. The molecular weight excluding hydrogens is 382 g/mol. The van der Waals surface area contributed by atoms with E-state index in [1.54, 1.807) is 19.1 Å². The number of nitrogens with zero attached hydrogens (tertiary/aromatic N) is 1. The number of phenolic OH excluding ortho intramolecular Hbond substituents is 1. The molecule has 0 heterocycles. The first-order valence-electron chi connectivity index (χ1n) is 7.69. The second-order valence-electron chi connectivity index (χ2n) is 5.42. The number of nitriles is 1. The van der Waals surface area contributed by atoms with Crippen molar-refractivity contribution in [1.82, 2.24) is 5.32 Å². The Kier molecular flexibility index (Phi) is 6.61. The van der Waals surface area contributed by atoms with Gasteiger partial charge in [0, 0.05) is 22.9 Å². The van der Waals surface area contributed by atoms with Crippen LogP contribution < -0.4 is 10.6 Å². The summed E-state index contributed by atoms with van der Waals surface area (Å²) >= 11 is 3.49. The maximum absolute atomic E-state index is 12.2. The number of anilines is 1. The van der Waals surface area contributed by atoms with E-state index in [1.165, 1.54) is 12.3 Å². The van der Waals surface area contributed by atoms with Gasteiger partial charge < -0.3 is 15.7 Å². The van der Waals surface area contributed by atoms with Crippen molar-refractivity contribution in [3.05, 3.63) is 69.8 Å². The SMILES string of the molecule is Cc1cc(O)ccc1NC(=O)/C(C#N)=C\NCCc1ccccc1Br. The zero-order valence-corrected chi connectivity index (χ0v) is 15.3. The molecular formula is C19H18BrN3O2. The number of phenols is 1. The largest absolute Gasteiger partial charge is 0.508 e. The zero-order chi connectivity index (χ0) is 18.2. The molecule has 1 amide bonds. The van der Waals surface area contributed by atoms with E-state index >= 15 is 0 Å². The molecule has 0 unspecified atom stereocenters. The summed E-state index contributed by atoms with van der Waals surface area (Å²) in [5.41, 5.74) is 2.40. The molecule has 3 N–H and O–H groups in total. The molecule has 0 atom stereocenters. The fourth-order valence-corrected chi connectivity index (χ4v) is 2.69. The van der Waals surface area contributed by atoms with Crippen LogP contribution in [0, 0.1) is 18.3 Å². The Morgan fingerprint density at radius 3 is 2.76 bits per heavy atom. The molecule has 0 aliphatic carbocycles. The fourth-order valence-electron chi connectivity index (χ4n) is 2.21. The van der Waals surface area contributed by atoms with Crippen molar-refractivity contribution in [3.8, 4) is 11.8 Å². The highest BCUT2D eigenvalue weighted by atomic mass is 79.9. The molecule has 0 fully saturated rings. The molecule has 0 aliphatic heterocycles. The highest BCUT2D eigenvalue weighted by Crippen LogP contribution is 2.20. The van der Waals surface area contributed by atoms with Gasteiger partial charge in [-0.25, -0.2) is 0 Å². The van der Waals surface area contributed by atoms with E-state index in [1.807, 2.05) is 30.3 Å². The van der Waals surface area contributed by atoms with Gasteiger partial charge in [-0.05, 0) is 48.7 Å². The molecule has 6 heteroatoms. The second-order valence-corrected chi connectivity index (χ2v) is 6.27. The van der Waals surface area contributed by atoms with E-state index in [0.717, 1.165) is 16.5 Å². The average molecular weight is 400 g/mol. The lowest BCUT2D eigenvalue weighted by Crippen LogP contribution is -2.18. The summed E-state index contributed by atoms with van der Waals surface area (Å²) in [6.07, 6.45) is 2.18. The van der Waals surface area contributed by atoms with Crippen LogP contribution in [0.25, 0.3) is 0 Å². The van der Waals surface area contributed by atoms with Crippen LogP contribution in [0.5, 0.6) is 5.75 Å². The molecule has 0 spiro atoms. The molecule has 5 nitrogen and oxygen atoms in total. The number of hydrogen-bond donors (Lipinski definition) is 3.